The Morgan fingerprint density at radius 3 is 2.67 bits per heavy atom. The Kier molecular flexibility index (Phi) is 4.89. The summed E-state index contributed by atoms with van der Waals surface area (Å²) in [4.78, 5) is 20.3. The van der Waals surface area contributed by atoms with E-state index in [0.29, 0.717) is 5.56 Å². The lowest BCUT2D eigenvalue weighted by Gasteiger charge is -2.16. The normalized spacial score (nSPS) is 12.2. The molecule has 2 aromatic carbocycles. The largest absolute Gasteiger partial charge is 0.342 e. The minimum Gasteiger partial charge on any atom is -0.342 e. The number of carbonyl (C=O) groups excluding carboxylic acids is 1. The highest BCUT2D eigenvalue weighted by molar-refractivity contribution is 5.94. The molecule has 0 aliphatic carbocycles. The van der Waals surface area contributed by atoms with Crippen molar-refractivity contribution in [3.05, 3.63) is 65.7 Å². The second-order valence-electron chi connectivity index (χ2n) is 5.81. The molecule has 3 aromatic rings. The highest BCUT2D eigenvalue weighted by Gasteiger charge is 2.18. The summed E-state index contributed by atoms with van der Waals surface area (Å²) in [5.41, 5.74) is 2.27. The second-order valence-corrected chi connectivity index (χ2v) is 5.81. The molecule has 5 heteroatoms. The summed E-state index contributed by atoms with van der Waals surface area (Å²) in [5, 5.41) is 3.01. The van der Waals surface area contributed by atoms with E-state index in [1.807, 2.05) is 24.3 Å². The fourth-order valence-electron chi connectivity index (χ4n) is 2.67. The van der Waals surface area contributed by atoms with Crippen molar-refractivity contribution in [3.63, 3.8) is 0 Å². The van der Waals surface area contributed by atoms with Crippen molar-refractivity contribution in [2.75, 3.05) is 0 Å². The maximum atomic E-state index is 13.0. The molecule has 2 N–H and O–H groups in total. The summed E-state index contributed by atoms with van der Waals surface area (Å²) in [6, 6.07) is 13.1. The Labute approximate surface area is 140 Å². The van der Waals surface area contributed by atoms with E-state index in [1.54, 1.807) is 0 Å². The number of nitrogens with one attached hydrogen (secondary N) is 2. The lowest BCUT2D eigenvalue weighted by molar-refractivity contribution is 0.0932. The number of aromatic amines is 1. The van der Waals surface area contributed by atoms with E-state index in [4.69, 9.17) is 0 Å². The number of H-pyrrole nitrogens is 1. The molecule has 0 fully saturated rings. The summed E-state index contributed by atoms with van der Waals surface area (Å²) >= 11 is 0. The molecule has 0 saturated carbocycles. The summed E-state index contributed by atoms with van der Waals surface area (Å²) in [6.45, 7) is 2.11. The maximum Gasteiger partial charge on any atom is 0.251 e. The highest BCUT2D eigenvalue weighted by atomic mass is 19.1. The molecular formula is C19H20FN3O. The number of benzene rings is 2. The third-order valence-electron chi connectivity index (χ3n) is 4.00. The third-order valence-corrected chi connectivity index (χ3v) is 4.00. The molecule has 0 saturated heterocycles. The Morgan fingerprint density at radius 2 is 1.96 bits per heavy atom. The molecular weight excluding hydrogens is 305 g/mol. The van der Waals surface area contributed by atoms with Gasteiger partial charge in [0.25, 0.3) is 5.91 Å². The fourth-order valence-corrected chi connectivity index (χ4v) is 2.67. The van der Waals surface area contributed by atoms with Crippen LogP contribution in [0.3, 0.4) is 0 Å². The van der Waals surface area contributed by atoms with Gasteiger partial charge >= 0.3 is 0 Å². The van der Waals surface area contributed by atoms with Crippen molar-refractivity contribution in [2.24, 2.45) is 0 Å². The number of rotatable bonds is 6. The Hall–Kier alpha value is -2.69. The van der Waals surface area contributed by atoms with Crippen molar-refractivity contribution in [1.29, 1.82) is 0 Å². The van der Waals surface area contributed by atoms with Gasteiger partial charge in [-0.25, -0.2) is 9.37 Å². The van der Waals surface area contributed by atoms with Crippen molar-refractivity contribution in [3.8, 4) is 0 Å². The van der Waals surface area contributed by atoms with Crippen molar-refractivity contribution in [2.45, 2.75) is 32.2 Å². The molecule has 3 rings (SSSR count). The molecule has 0 radical (unpaired) electrons. The number of aromatic nitrogens is 2. The number of halogens is 1. The van der Waals surface area contributed by atoms with E-state index < -0.39 is 0 Å². The predicted molar refractivity (Wildman–Crippen MR) is 92.2 cm³/mol. The molecule has 0 aliphatic heterocycles. The van der Waals surface area contributed by atoms with Gasteiger partial charge < -0.3 is 10.3 Å². The highest BCUT2D eigenvalue weighted by Crippen LogP contribution is 2.21. The van der Waals surface area contributed by atoms with E-state index in [2.05, 4.69) is 22.2 Å². The van der Waals surface area contributed by atoms with Crippen LogP contribution < -0.4 is 5.32 Å². The topological polar surface area (TPSA) is 57.8 Å². The van der Waals surface area contributed by atoms with Crippen LogP contribution in [0.1, 0.15) is 48.4 Å². The smallest absolute Gasteiger partial charge is 0.251 e. The zero-order chi connectivity index (χ0) is 16.9. The number of para-hydroxylation sites is 2. The van der Waals surface area contributed by atoms with Gasteiger partial charge in [0.2, 0.25) is 0 Å². The van der Waals surface area contributed by atoms with E-state index in [-0.39, 0.29) is 17.8 Å². The third kappa shape index (κ3) is 3.62. The number of hydrogen-bond donors (Lipinski definition) is 2. The lowest BCUT2D eigenvalue weighted by Crippen LogP contribution is -2.29. The van der Waals surface area contributed by atoms with E-state index >= 15 is 0 Å². The average Bonchev–Trinajstić information content (AvgIpc) is 3.03. The molecule has 0 bridgehead atoms. The van der Waals surface area contributed by atoms with Crippen LogP contribution in [0.2, 0.25) is 0 Å². The monoisotopic (exact) mass is 325 g/mol. The molecule has 124 valence electrons. The van der Waals surface area contributed by atoms with Gasteiger partial charge in [0.15, 0.2) is 0 Å². The number of carbonyl (C=O) groups is 1. The van der Waals surface area contributed by atoms with Crippen molar-refractivity contribution in [1.82, 2.24) is 15.3 Å². The summed E-state index contributed by atoms with van der Waals surface area (Å²) in [7, 11) is 0. The van der Waals surface area contributed by atoms with Crippen LogP contribution in [0.25, 0.3) is 11.0 Å². The molecule has 24 heavy (non-hydrogen) atoms. The van der Waals surface area contributed by atoms with E-state index in [9.17, 15) is 9.18 Å². The zero-order valence-corrected chi connectivity index (χ0v) is 13.6. The first-order valence-corrected chi connectivity index (χ1v) is 8.18. The van der Waals surface area contributed by atoms with Gasteiger partial charge in [-0.15, -0.1) is 0 Å². The number of nitrogens with zero attached hydrogens (tertiary/aromatic N) is 1. The molecule has 1 aromatic heterocycles. The van der Waals surface area contributed by atoms with Crippen molar-refractivity contribution >= 4 is 16.9 Å². The Morgan fingerprint density at radius 1 is 1.21 bits per heavy atom. The molecule has 1 heterocycles. The van der Waals surface area contributed by atoms with Crippen LogP contribution in [-0.2, 0) is 0 Å². The first-order valence-electron chi connectivity index (χ1n) is 8.18. The molecule has 4 nitrogen and oxygen atoms in total. The molecule has 0 unspecified atom stereocenters. The first-order chi connectivity index (χ1) is 11.7. The van der Waals surface area contributed by atoms with Crippen LogP contribution in [0, 0.1) is 5.82 Å². The van der Waals surface area contributed by atoms with Gasteiger partial charge in [-0.1, -0.05) is 31.9 Å². The molecule has 0 spiro atoms. The lowest BCUT2D eigenvalue weighted by atomic mass is 10.1. The number of unbranched alkanes of at least 4 members (excludes halogenated alkanes) is 1. The number of imidazole rings is 1. The van der Waals surface area contributed by atoms with Crippen LogP contribution in [-0.4, -0.2) is 15.9 Å². The number of fused-ring (bicyclic) bond motifs is 1. The van der Waals surface area contributed by atoms with Crippen LogP contribution in [0.5, 0.6) is 0 Å². The second kappa shape index (κ2) is 7.25. The zero-order valence-electron chi connectivity index (χ0n) is 13.6. The van der Waals surface area contributed by atoms with Gasteiger partial charge in [-0.3, -0.25) is 4.79 Å². The molecule has 1 amide bonds. The predicted octanol–water partition coefficient (Wildman–Crippen LogP) is 4.36. The SMILES string of the molecule is CCCC[C@@H](NC(=O)c1ccc(F)cc1)c1nc2ccccc2[nH]1. The Bertz CT molecular complexity index is 793. The number of amides is 1. The standard InChI is InChI=1S/C19H20FN3O/c1-2-3-6-17(18-21-15-7-4-5-8-16(15)22-18)23-19(24)13-9-11-14(20)12-10-13/h4-5,7-12,17H,2-3,6H2,1H3,(H,21,22)(H,23,24)/t17-/m1/s1. The van der Waals surface area contributed by atoms with Gasteiger partial charge in [0.05, 0.1) is 17.1 Å². The van der Waals surface area contributed by atoms with Gasteiger partial charge in [-0.2, -0.15) is 0 Å². The minimum atomic E-state index is -0.355. The Balaban J connectivity index is 1.83. The number of hydrogen-bond acceptors (Lipinski definition) is 2. The van der Waals surface area contributed by atoms with Gasteiger partial charge in [0, 0.05) is 5.56 Å². The summed E-state index contributed by atoms with van der Waals surface area (Å²) in [5.74, 6) is 0.169. The van der Waals surface area contributed by atoms with Gasteiger partial charge in [-0.05, 0) is 42.8 Å². The molecule has 1 atom stereocenters. The maximum absolute atomic E-state index is 13.0. The van der Waals surface area contributed by atoms with Crippen LogP contribution in [0.4, 0.5) is 4.39 Å². The van der Waals surface area contributed by atoms with Crippen molar-refractivity contribution < 1.29 is 9.18 Å². The average molecular weight is 325 g/mol. The van der Waals surface area contributed by atoms with E-state index in [1.165, 1.54) is 24.3 Å². The van der Waals surface area contributed by atoms with E-state index in [0.717, 1.165) is 36.1 Å². The summed E-state index contributed by atoms with van der Waals surface area (Å²) < 4.78 is 13.0. The van der Waals surface area contributed by atoms with Gasteiger partial charge in [0.1, 0.15) is 11.6 Å². The first kappa shape index (κ1) is 16.2. The summed E-state index contributed by atoms with van der Waals surface area (Å²) in [6.07, 6.45) is 2.80. The van der Waals surface area contributed by atoms with Crippen LogP contribution in [0.15, 0.2) is 48.5 Å². The molecule has 0 aliphatic rings. The quantitative estimate of drug-likeness (QED) is 0.707. The van der Waals surface area contributed by atoms with Crippen LogP contribution >= 0.6 is 0 Å². The minimum absolute atomic E-state index is 0.199. The fraction of sp³-hybridized carbons (Fsp3) is 0.263.